The third kappa shape index (κ3) is 3.83. The molecule has 1 aromatic carbocycles. The van der Waals surface area contributed by atoms with Gasteiger partial charge in [-0.1, -0.05) is 31.5 Å². The van der Waals surface area contributed by atoms with Gasteiger partial charge in [-0.3, -0.25) is 14.0 Å². The summed E-state index contributed by atoms with van der Waals surface area (Å²) in [6.07, 6.45) is 3.63. The molecule has 7 nitrogen and oxygen atoms in total. The number of nitrogens with zero attached hydrogens (tertiary/aromatic N) is 3. The molecule has 0 saturated carbocycles. The second-order valence-corrected chi connectivity index (χ2v) is 6.47. The average molecular weight is 380 g/mol. The molecular formula is C21H24N4O3. The van der Waals surface area contributed by atoms with E-state index in [1.54, 1.807) is 60.0 Å². The fraction of sp³-hybridized carbons (Fsp3) is 0.286. The van der Waals surface area contributed by atoms with Crippen LogP contribution in [0.25, 0.3) is 5.52 Å². The molecular weight excluding hydrogens is 356 g/mol. The molecule has 0 bridgehead atoms. The fourth-order valence-electron chi connectivity index (χ4n) is 2.96. The Labute approximate surface area is 163 Å². The second-order valence-electron chi connectivity index (χ2n) is 6.47. The lowest BCUT2D eigenvalue weighted by Gasteiger charge is -2.15. The maximum absolute atomic E-state index is 12.9. The summed E-state index contributed by atoms with van der Waals surface area (Å²) >= 11 is 0. The predicted octanol–water partition coefficient (Wildman–Crippen LogP) is 3.47. The van der Waals surface area contributed by atoms with Gasteiger partial charge in [-0.2, -0.15) is 0 Å². The van der Waals surface area contributed by atoms with E-state index in [9.17, 15) is 9.59 Å². The van der Waals surface area contributed by atoms with Crippen LogP contribution in [0.15, 0.2) is 48.7 Å². The lowest BCUT2D eigenvalue weighted by atomic mass is 10.2. The van der Waals surface area contributed by atoms with Crippen molar-refractivity contribution in [3.05, 3.63) is 60.2 Å². The number of fused-ring (bicyclic) bond motifs is 1. The fourth-order valence-corrected chi connectivity index (χ4v) is 2.96. The molecule has 7 heteroatoms. The van der Waals surface area contributed by atoms with Crippen molar-refractivity contribution in [2.75, 3.05) is 26.0 Å². The standard InChI is InChI=1S/C21H24N4O3/c1-4-5-13-24(2)21(27)18-16-11-8-9-14-25(16)19(23-18)20(26)22-15-10-6-7-12-17(15)28-3/h6-12,14H,4-5,13H2,1-3H3,(H,22,26). The van der Waals surface area contributed by atoms with Gasteiger partial charge in [0.25, 0.3) is 11.8 Å². The Hall–Kier alpha value is -3.35. The van der Waals surface area contributed by atoms with E-state index in [-0.39, 0.29) is 17.4 Å². The van der Waals surface area contributed by atoms with Crippen LogP contribution in [0.3, 0.4) is 0 Å². The Morgan fingerprint density at radius 1 is 1.18 bits per heavy atom. The summed E-state index contributed by atoms with van der Waals surface area (Å²) < 4.78 is 6.91. The topological polar surface area (TPSA) is 75.9 Å². The maximum atomic E-state index is 12.9. The number of rotatable bonds is 7. The molecule has 0 aliphatic rings. The number of ether oxygens (including phenoxy) is 1. The van der Waals surface area contributed by atoms with Crippen molar-refractivity contribution in [3.63, 3.8) is 0 Å². The second kappa shape index (κ2) is 8.56. The number of nitrogens with one attached hydrogen (secondary N) is 1. The van der Waals surface area contributed by atoms with Crippen molar-refractivity contribution in [1.29, 1.82) is 0 Å². The third-order valence-electron chi connectivity index (χ3n) is 4.50. The monoisotopic (exact) mass is 380 g/mol. The van der Waals surface area contributed by atoms with Crippen molar-refractivity contribution in [2.45, 2.75) is 19.8 Å². The summed E-state index contributed by atoms with van der Waals surface area (Å²) in [5.74, 6) is 0.0792. The highest BCUT2D eigenvalue weighted by molar-refractivity contribution is 6.06. The number of hydrogen-bond donors (Lipinski definition) is 1. The van der Waals surface area contributed by atoms with E-state index in [0.717, 1.165) is 12.8 Å². The molecule has 1 N–H and O–H groups in total. The molecule has 0 spiro atoms. The summed E-state index contributed by atoms with van der Waals surface area (Å²) in [6.45, 7) is 2.72. The van der Waals surface area contributed by atoms with Crippen molar-refractivity contribution >= 4 is 23.0 Å². The number of anilines is 1. The molecule has 0 unspecified atom stereocenters. The van der Waals surface area contributed by atoms with E-state index in [0.29, 0.717) is 23.5 Å². The molecule has 0 aliphatic heterocycles. The molecule has 0 saturated heterocycles. The number of para-hydroxylation sites is 2. The zero-order chi connectivity index (χ0) is 20.1. The van der Waals surface area contributed by atoms with Gasteiger partial charge < -0.3 is 15.0 Å². The number of imidazole rings is 1. The molecule has 0 aliphatic carbocycles. The molecule has 146 valence electrons. The number of aromatic nitrogens is 2. The van der Waals surface area contributed by atoms with Gasteiger partial charge in [0.15, 0.2) is 5.69 Å². The number of amides is 2. The number of hydrogen-bond acceptors (Lipinski definition) is 4. The van der Waals surface area contributed by atoms with Crippen molar-refractivity contribution in [1.82, 2.24) is 14.3 Å². The number of carbonyl (C=O) groups excluding carboxylic acids is 2. The van der Waals surface area contributed by atoms with Gasteiger partial charge in [-0.25, -0.2) is 4.98 Å². The minimum absolute atomic E-state index is 0.147. The van der Waals surface area contributed by atoms with Crippen molar-refractivity contribution < 1.29 is 14.3 Å². The molecule has 3 aromatic rings. The maximum Gasteiger partial charge on any atom is 0.292 e. The van der Waals surface area contributed by atoms with Crippen LogP contribution < -0.4 is 10.1 Å². The van der Waals surface area contributed by atoms with Crippen molar-refractivity contribution in [2.24, 2.45) is 0 Å². The number of pyridine rings is 1. The van der Waals surface area contributed by atoms with Gasteiger partial charge >= 0.3 is 0 Å². The Morgan fingerprint density at radius 2 is 1.93 bits per heavy atom. The van der Waals surface area contributed by atoms with Crippen LogP contribution in [-0.2, 0) is 0 Å². The Bertz CT molecular complexity index is 996. The Morgan fingerprint density at radius 3 is 2.68 bits per heavy atom. The minimum atomic E-state index is -0.416. The van der Waals surface area contributed by atoms with Crippen LogP contribution in [0.4, 0.5) is 5.69 Å². The van der Waals surface area contributed by atoms with Crippen molar-refractivity contribution in [3.8, 4) is 5.75 Å². The number of methoxy groups -OCH3 is 1. The number of benzene rings is 1. The first-order chi connectivity index (χ1) is 13.6. The van der Waals surface area contributed by atoms with Crippen LogP contribution in [0.5, 0.6) is 5.75 Å². The van der Waals surface area contributed by atoms with Crippen LogP contribution in [-0.4, -0.2) is 46.8 Å². The van der Waals surface area contributed by atoms with Gasteiger partial charge in [-0.05, 0) is 30.7 Å². The van der Waals surface area contributed by atoms with Gasteiger partial charge in [0.2, 0.25) is 5.82 Å². The molecule has 0 fully saturated rings. The van der Waals surface area contributed by atoms with Crippen LogP contribution in [0.1, 0.15) is 40.9 Å². The van der Waals surface area contributed by atoms with Gasteiger partial charge in [0.1, 0.15) is 5.75 Å². The Balaban J connectivity index is 1.96. The Kier molecular flexibility index (Phi) is 5.93. The molecule has 0 atom stereocenters. The van der Waals surface area contributed by atoms with Gasteiger partial charge in [0, 0.05) is 19.8 Å². The predicted molar refractivity (Wildman–Crippen MR) is 108 cm³/mol. The lowest BCUT2D eigenvalue weighted by Crippen LogP contribution is -2.28. The van der Waals surface area contributed by atoms with E-state index < -0.39 is 5.91 Å². The first-order valence-corrected chi connectivity index (χ1v) is 9.23. The van der Waals surface area contributed by atoms with Gasteiger partial charge in [0.05, 0.1) is 18.3 Å². The average Bonchev–Trinajstić information content (AvgIpc) is 3.11. The van der Waals surface area contributed by atoms with E-state index >= 15 is 0 Å². The molecule has 3 rings (SSSR count). The van der Waals surface area contributed by atoms with E-state index in [1.807, 2.05) is 12.1 Å². The lowest BCUT2D eigenvalue weighted by molar-refractivity contribution is 0.0790. The van der Waals surface area contributed by atoms with Crippen LogP contribution in [0, 0.1) is 0 Å². The van der Waals surface area contributed by atoms with E-state index in [4.69, 9.17) is 4.74 Å². The first kappa shape index (κ1) is 19.4. The van der Waals surface area contributed by atoms with Crippen LogP contribution >= 0.6 is 0 Å². The van der Waals surface area contributed by atoms with Crippen LogP contribution in [0.2, 0.25) is 0 Å². The minimum Gasteiger partial charge on any atom is -0.495 e. The largest absolute Gasteiger partial charge is 0.495 e. The summed E-state index contributed by atoms with van der Waals surface area (Å²) in [5, 5.41) is 2.81. The SMILES string of the molecule is CCCCN(C)C(=O)c1nc(C(=O)Nc2ccccc2OC)n2ccccc12. The summed E-state index contributed by atoms with van der Waals surface area (Å²) in [5.41, 5.74) is 1.40. The molecule has 2 aromatic heterocycles. The van der Waals surface area contributed by atoms with E-state index in [2.05, 4.69) is 17.2 Å². The number of unbranched alkanes of at least 4 members (excludes halogenated alkanes) is 1. The third-order valence-corrected chi connectivity index (χ3v) is 4.50. The molecule has 28 heavy (non-hydrogen) atoms. The zero-order valence-electron chi connectivity index (χ0n) is 16.3. The normalized spacial score (nSPS) is 10.7. The summed E-state index contributed by atoms with van der Waals surface area (Å²) in [6, 6.07) is 12.5. The smallest absolute Gasteiger partial charge is 0.292 e. The molecule has 2 heterocycles. The zero-order valence-corrected chi connectivity index (χ0v) is 16.3. The summed E-state index contributed by atoms with van der Waals surface area (Å²) in [4.78, 5) is 31.8. The number of carbonyl (C=O) groups is 2. The quantitative estimate of drug-likeness (QED) is 0.681. The highest BCUT2D eigenvalue weighted by Crippen LogP contribution is 2.24. The highest BCUT2D eigenvalue weighted by atomic mass is 16.5. The van der Waals surface area contributed by atoms with E-state index in [1.165, 1.54) is 0 Å². The van der Waals surface area contributed by atoms with Gasteiger partial charge in [-0.15, -0.1) is 0 Å². The first-order valence-electron chi connectivity index (χ1n) is 9.23. The highest BCUT2D eigenvalue weighted by Gasteiger charge is 2.24. The summed E-state index contributed by atoms with van der Waals surface area (Å²) in [7, 11) is 3.29. The molecule has 0 radical (unpaired) electrons. The molecule has 2 amide bonds.